The van der Waals surface area contributed by atoms with E-state index in [0.717, 1.165) is 25.0 Å². The molecule has 0 aromatic heterocycles. The zero-order valence-corrected chi connectivity index (χ0v) is 32.0. The fraction of sp³-hybridized carbons (Fsp3) is 0.500. The third kappa shape index (κ3) is 23.2. The monoisotopic (exact) mass is 808 g/mol. The molecule has 0 spiro atoms. The minimum atomic E-state index is -4.27. The Morgan fingerprint density at radius 3 is 1.31 bits per heavy atom. The van der Waals surface area contributed by atoms with Crippen LogP contribution in [0.4, 0.5) is 26.3 Å². The molecule has 0 aromatic carbocycles. The highest BCUT2D eigenvalue weighted by Crippen LogP contribution is 2.26. The standard InChI is InChI=1S/2C20H24ClF3O3/c2*1-2-3-4-5-9-18(25)27-16(8-6-7-14-20(22,23)24)12-10-15-11-13-17(21)19(15)26/h2*2-3,6-7,10,13,16H,4-5,8-9,11-12,14H2,1H3/b2*3-2-,7-6-,15-10+. The van der Waals surface area contributed by atoms with Crippen LogP contribution < -0.4 is 0 Å². The molecule has 0 bridgehead atoms. The zero-order chi connectivity index (χ0) is 40.6. The summed E-state index contributed by atoms with van der Waals surface area (Å²) in [5.74, 6) is -1.33. The van der Waals surface area contributed by atoms with Gasteiger partial charge in [0.05, 0.1) is 22.9 Å². The molecule has 2 atom stereocenters. The number of carbonyl (C=O) groups is 4. The minimum absolute atomic E-state index is 0.149. The summed E-state index contributed by atoms with van der Waals surface area (Å²) in [4.78, 5) is 47.5. The summed E-state index contributed by atoms with van der Waals surface area (Å²) < 4.78 is 84.1. The average Bonchev–Trinajstić information content (AvgIpc) is 3.59. The second-order valence-electron chi connectivity index (χ2n) is 12.3. The van der Waals surface area contributed by atoms with Crippen molar-refractivity contribution in [2.75, 3.05) is 0 Å². The van der Waals surface area contributed by atoms with Gasteiger partial charge in [-0.25, -0.2) is 0 Å². The molecular formula is C40H48Cl2F6O6. The Balaban J connectivity index is 0.000000540. The third-order valence-electron chi connectivity index (χ3n) is 7.67. The van der Waals surface area contributed by atoms with Crippen LogP contribution in [-0.4, -0.2) is 48.1 Å². The largest absolute Gasteiger partial charge is 0.462 e. The van der Waals surface area contributed by atoms with E-state index in [2.05, 4.69) is 0 Å². The lowest BCUT2D eigenvalue weighted by atomic mass is 10.1. The average molecular weight is 810 g/mol. The van der Waals surface area contributed by atoms with E-state index >= 15 is 0 Å². The van der Waals surface area contributed by atoms with E-state index in [4.69, 9.17) is 32.7 Å². The van der Waals surface area contributed by atoms with Gasteiger partial charge in [-0.1, -0.05) is 96.1 Å². The summed E-state index contributed by atoms with van der Waals surface area (Å²) in [6.45, 7) is 3.78. The number of ether oxygens (including phenoxy) is 2. The summed E-state index contributed by atoms with van der Waals surface area (Å²) in [5, 5.41) is 0.313. The second kappa shape index (κ2) is 26.2. The number of halogens is 8. The zero-order valence-electron chi connectivity index (χ0n) is 30.5. The van der Waals surface area contributed by atoms with E-state index in [1.54, 1.807) is 24.3 Å². The third-order valence-corrected chi connectivity index (χ3v) is 8.33. The van der Waals surface area contributed by atoms with Gasteiger partial charge in [0.1, 0.15) is 12.2 Å². The van der Waals surface area contributed by atoms with E-state index in [9.17, 15) is 45.5 Å². The summed E-state index contributed by atoms with van der Waals surface area (Å²) in [6.07, 6.45) is 11.9. The molecule has 2 aliphatic rings. The number of hydrogen-bond acceptors (Lipinski definition) is 6. The van der Waals surface area contributed by atoms with Crippen LogP contribution in [0.15, 0.2) is 94.1 Å². The van der Waals surface area contributed by atoms with Crippen LogP contribution in [-0.2, 0) is 28.7 Å². The first kappa shape index (κ1) is 48.4. The Bertz CT molecular complexity index is 1370. The molecule has 0 aromatic rings. The lowest BCUT2D eigenvalue weighted by Gasteiger charge is -2.15. The van der Waals surface area contributed by atoms with Crippen LogP contribution in [0.2, 0.25) is 0 Å². The lowest BCUT2D eigenvalue weighted by Crippen LogP contribution is -2.17. The quantitative estimate of drug-likeness (QED) is 0.0400. The molecule has 0 saturated heterocycles. The molecule has 2 rings (SSSR count). The van der Waals surface area contributed by atoms with Crippen molar-refractivity contribution >= 4 is 46.7 Å². The van der Waals surface area contributed by atoms with Crippen LogP contribution in [0.5, 0.6) is 0 Å². The van der Waals surface area contributed by atoms with Crippen LogP contribution >= 0.6 is 23.2 Å². The summed E-state index contributed by atoms with van der Waals surface area (Å²) in [5.41, 5.74) is 1.02. The number of unbranched alkanes of at least 4 members (excludes halogenated alkanes) is 2. The maximum absolute atomic E-state index is 12.2. The Morgan fingerprint density at radius 2 is 1.02 bits per heavy atom. The van der Waals surface area contributed by atoms with Crippen molar-refractivity contribution in [1.29, 1.82) is 0 Å². The Morgan fingerprint density at radius 1 is 0.648 bits per heavy atom. The Hall–Kier alpha value is -3.64. The molecule has 14 heteroatoms. The first-order chi connectivity index (χ1) is 25.5. The highest BCUT2D eigenvalue weighted by Gasteiger charge is 2.26. The maximum Gasteiger partial charge on any atom is 0.392 e. The predicted octanol–water partition coefficient (Wildman–Crippen LogP) is 11.9. The van der Waals surface area contributed by atoms with Crippen molar-refractivity contribution in [3.05, 3.63) is 94.1 Å². The van der Waals surface area contributed by atoms with Gasteiger partial charge in [-0.3, -0.25) is 19.2 Å². The van der Waals surface area contributed by atoms with E-state index in [1.807, 2.05) is 38.2 Å². The van der Waals surface area contributed by atoms with Gasteiger partial charge < -0.3 is 9.47 Å². The fourth-order valence-corrected chi connectivity index (χ4v) is 5.24. The number of rotatable bonds is 20. The molecule has 0 radical (unpaired) electrons. The molecule has 2 aliphatic carbocycles. The predicted molar refractivity (Wildman–Crippen MR) is 198 cm³/mol. The van der Waals surface area contributed by atoms with Crippen molar-refractivity contribution in [2.24, 2.45) is 0 Å². The fourth-order valence-electron chi connectivity index (χ4n) is 4.84. The molecule has 54 heavy (non-hydrogen) atoms. The van der Waals surface area contributed by atoms with Crippen LogP contribution in [0.1, 0.15) is 104 Å². The van der Waals surface area contributed by atoms with Crippen LogP contribution in [0.25, 0.3) is 0 Å². The molecule has 6 nitrogen and oxygen atoms in total. The smallest absolute Gasteiger partial charge is 0.392 e. The van der Waals surface area contributed by atoms with Gasteiger partial charge in [0.25, 0.3) is 0 Å². The first-order valence-electron chi connectivity index (χ1n) is 17.7. The molecule has 0 fully saturated rings. The molecule has 0 aliphatic heterocycles. The number of hydrogen-bond donors (Lipinski definition) is 0. The first-order valence-corrected chi connectivity index (χ1v) is 18.4. The van der Waals surface area contributed by atoms with E-state index < -0.39 is 49.3 Å². The van der Waals surface area contributed by atoms with Gasteiger partial charge >= 0.3 is 24.3 Å². The van der Waals surface area contributed by atoms with Gasteiger partial charge in [0.2, 0.25) is 0 Å². The van der Waals surface area contributed by atoms with Crippen molar-refractivity contribution < 1.29 is 55.0 Å². The Kier molecular flexibility index (Phi) is 23.5. The van der Waals surface area contributed by atoms with Crippen molar-refractivity contribution in [2.45, 2.75) is 128 Å². The number of ketones is 2. The second-order valence-corrected chi connectivity index (χ2v) is 13.1. The van der Waals surface area contributed by atoms with Crippen molar-refractivity contribution in [1.82, 2.24) is 0 Å². The van der Waals surface area contributed by atoms with E-state index in [1.165, 1.54) is 12.2 Å². The SMILES string of the molecule is C/C=C\CCCC(=O)OC(C/C=C\CC(F)(F)F)C/C=C1\CC=C(Cl)C1=O.C/C=C\CCCC(=O)OC(C/C=C\CC(F)(F)F)C/C=C1\CC=C(Cl)C1=O. The van der Waals surface area contributed by atoms with Crippen LogP contribution in [0, 0.1) is 0 Å². The van der Waals surface area contributed by atoms with Crippen molar-refractivity contribution in [3.63, 3.8) is 0 Å². The minimum Gasteiger partial charge on any atom is -0.462 e. The number of Topliss-reactive ketones (excluding diaryl/α,β-unsaturated/α-hetero) is 2. The molecular weight excluding hydrogens is 761 g/mol. The highest BCUT2D eigenvalue weighted by molar-refractivity contribution is 6.46. The molecule has 0 N–H and O–H groups in total. The van der Waals surface area contributed by atoms with Gasteiger partial charge in [-0.05, 0) is 52.4 Å². The normalized spacial score (nSPS) is 17.9. The van der Waals surface area contributed by atoms with Crippen molar-refractivity contribution in [3.8, 4) is 0 Å². The van der Waals surface area contributed by atoms with Gasteiger partial charge in [0, 0.05) is 49.7 Å². The number of alkyl halides is 6. The molecule has 300 valence electrons. The highest BCUT2D eigenvalue weighted by atomic mass is 35.5. The van der Waals surface area contributed by atoms with E-state index in [0.29, 0.717) is 36.8 Å². The van der Waals surface area contributed by atoms with Crippen LogP contribution in [0.3, 0.4) is 0 Å². The molecule has 0 amide bonds. The van der Waals surface area contributed by atoms with Gasteiger partial charge in [-0.2, -0.15) is 26.3 Å². The van der Waals surface area contributed by atoms with Gasteiger partial charge in [0.15, 0.2) is 11.6 Å². The lowest BCUT2D eigenvalue weighted by molar-refractivity contribution is -0.149. The van der Waals surface area contributed by atoms with E-state index in [-0.39, 0.29) is 60.2 Å². The number of allylic oxidation sites excluding steroid dienone is 12. The Labute approximate surface area is 323 Å². The number of esters is 2. The molecule has 2 unspecified atom stereocenters. The summed E-state index contributed by atoms with van der Waals surface area (Å²) in [6, 6.07) is 0. The van der Waals surface area contributed by atoms with Gasteiger partial charge in [-0.15, -0.1) is 0 Å². The summed E-state index contributed by atoms with van der Waals surface area (Å²) >= 11 is 11.5. The summed E-state index contributed by atoms with van der Waals surface area (Å²) in [7, 11) is 0. The topological polar surface area (TPSA) is 86.7 Å². The molecule has 0 heterocycles. The molecule has 0 saturated carbocycles. The maximum atomic E-state index is 12.2. The number of carbonyl (C=O) groups excluding carboxylic acids is 4.